The Morgan fingerprint density at radius 1 is 1.20 bits per heavy atom. The minimum Gasteiger partial charge on any atom is -0.466 e. The number of nitrogens with zero attached hydrogens (tertiary/aromatic N) is 1. The van der Waals surface area contributed by atoms with E-state index in [1.54, 1.807) is 0 Å². The third-order valence-electron chi connectivity index (χ3n) is 5.19. The number of carbonyl (C=O) groups is 2. The third kappa shape index (κ3) is 5.87. The Kier molecular flexibility index (Phi) is 6.72. The van der Waals surface area contributed by atoms with Gasteiger partial charge in [0.2, 0.25) is 0 Å². The third-order valence-corrected chi connectivity index (χ3v) is 5.19. The van der Waals surface area contributed by atoms with Gasteiger partial charge >= 0.3 is 12.1 Å². The molecule has 0 aromatic heterocycles. The first-order chi connectivity index (χ1) is 11.7. The predicted octanol–water partition coefficient (Wildman–Crippen LogP) is 2.96. The Morgan fingerprint density at radius 2 is 1.84 bits per heavy atom. The number of piperidine rings is 1. The molecule has 0 aromatic rings. The molecule has 25 heavy (non-hydrogen) atoms. The van der Waals surface area contributed by atoms with E-state index < -0.39 is 5.60 Å². The van der Waals surface area contributed by atoms with Gasteiger partial charge < -0.3 is 19.7 Å². The van der Waals surface area contributed by atoms with E-state index in [4.69, 9.17) is 9.47 Å². The minimum atomic E-state index is -0.461. The standard InChI is InChI=1S/C19H34N2O4/c1-5-24-16(22)19(9-6-10-19)14-21-11-7-15(8-12-21)13-20-17(23)25-18(2,3)4/h15H,5-14H2,1-4H3,(H,20,23). The molecule has 0 atom stereocenters. The highest BCUT2D eigenvalue weighted by atomic mass is 16.6. The molecule has 0 aromatic carbocycles. The molecular weight excluding hydrogens is 320 g/mol. The predicted molar refractivity (Wildman–Crippen MR) is 96.3 cm³/mol. The van der Waals surface area contributed by atoms with Gasteiger partial charge in [0.25, 0.3) is 0 Å². The largest absolute Gasteiger partial charge is 0.466 e. The van der Waals surface area contributed by atoms with E-state index in [0.717, 1.165) is 51.7 Å². The topological polar surface area (TPSA) is 67.9 Å². The lowest BCUT2D eigenvalue weighted by Crippen LogP contribution is -2.50. The number of esters is 1. The first-order valence-corrected chi connectivity index (χ1v) is 9.60. The summed E-state index contributed by atoms with van der Waals surface area (Å²) in [5, 5.41) is 2.88. The highest BCUT2D eigenvalue weighted by molar-refractivity contribution is 5.78. The molecule has 0 spiro atoms. The number of amides is 1. The Balaban J connectivity index is 1.71. The summed E-state index contributed by atoms with van der Waals surface area (Å²) in [7, 11) is 0. The number of nitrogens with one attached hydrogen (secondary N) is 1. The van der Waals surface area contributed by atoms with Crippen LogP contribution in [0.3, 0.4) is 0 Å². The lowest BCUT2D eigenvalue weighted by Gasteiger charge is -2.44. The van der Waals surface area contributed by atoms with Gasteiger partial charge in [-0.15, -0.1) is 0 Å². The molecule has 1 aliphatic heterocycles. The lowest BCUT2D eigenvalue weighted by atomic mass is 9.68. The average Bonchev–Trinajstić information content (AvgIpc) is 2.48. The first-order valence-electron chi connectivity index (χ1n) is 9.60. The molecule has 0 unspecified atom stereocenters. The van der Waals surface area contributed by atoms with Gasteiger partial charge in [-0.2, -0.15) is 0 Å². The SMILES string of the molecule is CCOC(=O)C1(CN2CCC(CNC(=O)OC(C)(C)C)CC2)CCC1. The Hall–Kier alpha value is -1.30. The monoisotopic (exact) mass is 354 g/mol. The quantitative estimate of drug-likeness (QED) is 0.743. The van der Waals surface area contributed by atoms with Crippen LogP contribution in [0.5, 0.6) is 0 Å². The number of rotatable bonds is 6. The molecule has 144 valence electrons. The molecule has 2 aliphatic rings. The van der Waals surface area contributed by atoms with Gasteiger partial charge in [-0.25, -0.2) is 4.79 Å². The molecular formula is C19H34N2O4. The van der Waals surface area contributed by atoms with Crippen molar-refractivity contribution in [3.05, 3.63) is 0 Å². The van der Waals surface area contributed by atoms with Crippen LogP contribution in [-0.4, -0.2) is 55.3 Å². The van der Waals surface area contributed by atoms with Crippen molar-refractivity contribution in [3.8, 4) is 0 Å². The van der Waals surface area contributed by atoms with E-state index in [-0.39, 0.29) is 17.5 Å². The van der Waals surface area contributed by atoms with Crippen LogP contribution >= 0.6 is 0 Å². The van der Waals surface area contributed by atoms with Crippen molar-refractivity contribution in [2.75, 3.05) is 32.8 Å². The highest BCUT2D eigenvalue weighted by Crippen LogP contribution is 2.43. The summed E-state index contributed by atoms with van der Waals surface area (Å²) < 4.78 is 10.6. The number of hydrogen-bond acceptors (Lipinski definition) is 5. The van der Waals surface area contributed by atoms with E-state index in [9.17, 15) is 9.59 Å². The second-order valence-electron chi connectivity index (χ2n) is 8.46. The summed E-state index contributed by atoms with van der Waals surface area (Å²) in [5.41, 5.74) is -0.727. The van der Waals surface area contributed by atoms with E-state index in [0.29, 0.717) is 19.1 Å². The fourth-order valence-corrected chi connectivity index (χ4v) is 3.63. The summed E-state index contributed by atoms with van der Waals surface area (Å²) in [6, 6.07) is 0. The average molecular weight is 354 g/mol. The van der Waals surface area contributed by atoms with Gasteiger partial charge in [0.05, 0.1) is 12.0 Å². The molecule has 2 rings (SSSR count). The second kappa shape index (κ2) is 8.39. The molecule has 1 saturated carbocycles. The lowest BCUT2D eigenvalue weighted by molar-refractivity contribution is -0.163. The fourth-order valence-electron chi connectivity index (χ4n) is 3.63. The zero-order valence-electron chi connectivity index (χ0n) is 16.2. The Labute approximate surface area is 151 Å². The van der Waals surface area contributed by atoms with Crippen LogP contribution in [0.4, 0.5) is 4.79 Å². The van der Waals surface area contributed by atoms with Gasteiger partial charge in [-0.05, 0) is 72.4 Å². The second-order valence-corrected chi connectivity index (χ2v) is 8.46. The van der Waals surface area contributed by atoms with Crippen molar-refractivity contribution in [1.29, 1.82) is 0 Å². The maximum atomic E-state index is 12.3. The molecule has 1 aliphatic carbocycles. The summed E-state index contributed by atoms with van der Waals surface area (Å²) in [6.07, 6.45) is 4.75. The zero-order valence-corrected chi connectivity index (χ0v) is 16.2. The van der Waals surface area contributed by atoms with Crippen molar-refractivity contribution in [3.63, 3.8) is 0 Å². The maximum absolute atomic E-state index is 12.3. The number of likely N-dealkylation sites (tertiary alicyclic amines) is 1. The van der Waals surface area contributed by atoms with E-state index >= 15 is 0 Å². The van der Waals surface area contributed by atoms with Crippen molar-refractivity contribution >= 4 is 12.1 Å². The van der Waals surface area contributed by atoms with Crippen LogP contribution in [0.2, 0.25) is 0 Å². The van der Waals surface area contributed by atoms with Crippen molar-refractivity contribution in [1.82, 2.24) is 10.2 Å². The molecule has 6 heteroatoms. The Morgan fingerprint density at radius 3 is 2.32 bits per heavy atom. The van der Waals surface area contributed by atoms with Crippen molar-refractivity contribution < 1.29 is 19.1 Å². The Bertz CT molecular complexity index is 461. The maximum Gasteiger partial charge on any atom is 0.407 e. The van der Waals surface area contributed by atoms with Crippen LogP contribution in [0.15, 0.2) is 0 Å². The summed E-state index contributed by atoms with van der Waals surface area (Å²) >= 11 is 0. The molecule has 6 nitrogen and oxygen atoms in total. The summed E-state index contributed by atoms with van der Waals surface area (Å²) in [4.78, 5) is 26.4. The molecule has 1 saturated heterocycles. The molecule has 0 radical (unpaired) electrons. The molecule has 0 bridgehead atoms. The number of carbonyl (C=O) groups excluding carboxylic acids is 2. The van der Waals surface area contributed by atoms with Crippen LogP contribution in [0.25, 0.3) is 0 Å². The van der Waals surface area contributed by atoms with E-state index in [1.807, 2.05) is 27.7 Å². The van der Waals surface area contributed by atoms with Gasteiger partial charge in [0.15, 0.2) is 0 Å². The van der Waals surface area contributed by atoms with Gasteiger partial charge in [0.1, 0.15) is 5.60 Å². The van der Waals surface area contributed by atoms with Crippen molar-refractivity contribution in [2.45, 2.75) is 65.4 Å². The van der Waals surface area contributed by atoms with Crippen molar-refractivity contribution in [2.24, 2.45) is 11.3 Å². The molecule has 2 fully saturated rings. The van der Waals surface area contributed by atoms with Gasteiger partial charge in [-0.3, -0.25) is 4.79 Å². The van der Waals surface area contributed by atoms with Gasteiger partial charge in [0, 0.05) is 13.1 Å². The van der Waals surface area contributed by atoms with Crippen LogP contribution < -0.4 is 5.32 Å². The van der Waals surface area contributed by atoms with Crippen LogP contribution in [0, 0.1) is 11.3 Å². The highest BCUT2D eigenvalue weighted by Gasteiger charge is 2.46. The minimum absolute atomic E-state index is 0.0186. The zero-order chi connectivity index (χ0) is 18.5. The van der Waals surface area contributed by atoms with E-state index in [2.05, 4.69) is 10.2 Å². The molecule has 1 heterocycles. The van der Waals surface area contributed by atoms with Crippen LogP contribution in [0.1, 0.15) is 59.8 Å². The fraction of sp³-hybridized carbons (Fsp3) is 0.895. The smallest absolute Gasteiger partial charge is 0.407 e. The molecule has 1 N–H and O–H groups in total. The van der Waals surface area contributed by atoms with Crippen LogP contribution in [-0.2, 0) is 14.3 Å². The normalized spacial score (nSPS) is 21.3. The number of hydrogen-bond donors (Lipinski definition) is 1. The van der Waals surface area contributed by atoms with E-state index in [1.165, 1.54) is 0 Å². The molecule has 1 amide bonds. The van der Waals surface area contributed by atoms with Gasteiger partial charge in [-0.1, -0.05) is 6.42 Å². The number of ether oxygens (including phenoxy) is 2. The summed E-state index contributed by atoms with van der Waals surface area (Å²) in [6.45, 7) is 11.3. The first kappa shape index (κ1) is 20.0. The summed E-state index contributed by atoms with van der Waals surface area (Å²) in [5.74, 6) is 0.457. The number of alkyl carbamates (subject to hydrolysis) is 1.